The summed E-state index contributed by atoms with van der Waals surface area (Å²) in [4.78, 5) is 25.1. The molecule has 1 aromatic heterocycles. The van der Waals surface area contributed by atoms with Gasteiger partial charge in [-0.15, -0.1) is 10.2 Å². The van der Waals surface area contributed by atoms with Crippen molar-refractivity contribution in [1.82, 2.24) is 15.2 Å². The number of benzene rings is 2. The van der Waals surface area contributed by atoms with Crippen molar-refractivity contribution in [3.8, 4) is 5.75 Å². The van der Waals surface area contributed by atoms with Crippen LogP contribution in [0.1, 0.15) is 11.3 Å². The van der Waals surface area contributed by atoms with E-state index in [1.807, 2.05) is 12.1 Å². The number of rotatable bonds is 6. The van der Waals surface area contributed by atoms with Gasteiger partial charge in [-0.1, -0.05) is 18.2 Å². The summed E-state index contributed by atoms with van der Waals surface area (Å²) < 4.78 is 5.09. The van der Waals surface area contributed by atoms with Gasteiger partial charge in [0.25, 0.3) is 11.2 Å². The Kier molecular flexibility index (Phi) is 4.88. The first-order valence-electron chi connectivity index (χ1n) is 7.65. The molecule has 1 heterocycles. The molecule has 2 N–H and O–H groups in total. The minimum Gasteiger partial charge on any atom is -0.497 e. The summed E-state index contributed by atoms with van der Waals surface area (Å²) in [6.45, 7) is 0. The monoisotopic (exact) mass is 353 g/mol. The van der Waals surface area contributed by atoms with Crippen molar-refractivity contribution in [3.05, 3.63) is 80.3 Å². The number of nitro benzene ring substituents is 1. The van der Waals surface area contributed by atoms with Gasteiger partial charge in [0.15, 0.2) is 0 Å². The van der Waals surface area contributed by atoms with Crippen molar-refractivity contribution in [2.75, 3.05) is 12.4 Å². The number of hydrogen-bond donors (Lipinski definition) is 2. The van der Waals surface area contributed by atoms with E-state index in [0.29, 0.717) is 12.1 Å². The average Bonchev–Trinajstić information content (AvgIpc) is 2.65. The summed E-state index contributed by atoms with van der Waals surface area (Å²) in [5.74, 6) is 0.833. The maximum Gasteiger partial charge on any atom is 0.274 e. The van der Waals surface area contributed by atoms with Crippen LogP contribution in [0.5, 0.6) is 5.75 Å². The first-order valence-corrected chi connectivity index (χ1v) is 7.65. The van der Waals surface area contributed by atoms with Crippen molar-refractivity contribution in [2.24, 2.45) is 0 Å². The van der Waals surface area contributed by atoms with Gasteiger partial charge in [0, 0.05) is 24.2 Å². The van der Waals surface area contributed by atoms with Gasteiger partial charge in [-0.25, -0.2) is 0 Å². The van der Waals surface area contributed by atoms with Crippen molar-refractivity contribution in [1.29, 1.82) is 0 Å². The number of methoxy groups -OCH3 is 1. The Morgan fingerprint density at radius 3 is 2.62 bits per heavy atom. The second kappa shape index (κ2) is 7.43. The molecule has 0 atom stereocenters. The molecule has 0 aliphatic rings. The highest BCUT2D eigenvalue weighted by Gasteiger charge is 2.09. The second-order valence-electron chi connectivity index (χ2n) is 5.41. The molecule has 0 unspecified atom stereocenters. The Morgan fingerprint density at radius 2 is 1.96 bits per heavy atom. The van der Waals surface area contributed by atoms with Gasteiger partial charge in [-0.05, 0) is 23.8 Å². The van der Waals surface area contributed by atoms with Crippen LogP contribution in [0.4, 0.5) is 17.3 Å². The molecule has 0 bridgehead atoms. The largest absolute Gasteiger partial charge is 0.497 e. The SMILES string of the molecule is COc1ccc(Cc2nnc(Nc3cccc([N+](=O)[O-])c3)[nH]c2=O)cc1. The summed E-state index contributed by atoms with van der Waals surface area (Å²) in [6.07, 6.45) is 0.323. The third-order valence-electron chi connectivity index (χ3n) is 3.62. The van der Waals surface area contributed by atoms with E-state index in [-0.39, 0.29) is 22.9 Å². The van der Waals surface area contributed by atoms with Crippen LogP contribution in [0.25, 0.3) is 0 Å². The molecule has 0 saturated heterocycles. The Labute approximate surface area is 147 Å². The number of aromatic nitrogens is 3. The Hall–Kier alpha value is -3.75. The molecule has 3 aromatic rings. The fraction of sp³-hybridized carbons (Fsp3) is 0.118. The normalized spacial score (nSPS) is 10.3. The minimum atomic E-state index is -0.502. The van der Waals surface area contributed by atoms with Crippen LogP contribution in [0.3, 0.4) is 0 Å². The number of nitrogens with one attached hydrogen (secondary N) is 2. The van der Waals surface area contributed by atoms with E-state index in [2.05, 4.69) is 20.5 Å². The van der Waals surface area contributed by atoms with Crippen LogP contribution >= 0.6 is 0 Å². The second-order valence-corrected chi connectivity index (χ2v) is 5.41. The third kappa shape index (κ3) is 4.01. The summed E-state index contributed by atoms with van der Waals surface area (Å²) in [6, 6.07) is 13.2. The summed E-state index contributed by atoms with van der Waals surface area (Å²) >= 11 is 0. The van der Waals surface area contributed by atoms with Crippen LogP contribution in [0.2, 0.25) is 0 Å². The topological polar surface area (TPSA) is 123 Å². The molecule has 9 nitrogen and oxygen atoms in total. The predicted molar refractivity (Wildman–Crippen MR) is 94.8 cm³/mol. The van der Waals surface area contributed by atoms with Gasteiger partial charge < -0.3 is 10.1 Å². The zero-order chi connectivity index (χ0) is 18.5. The maximum absolute atomic E-state index is 12.2. The fourth-order valence-corrected chi connectivity index (χ4v) is 2.30. The molecule has 0 aliphatic heterocycles. The van der Waals surface area contributed by atoms with Crippen LogP contribution in [-0.2, 0) is 6.42 Å². The van der Waals surface area contributed by atoms with Crippen LogP contribution in [-0.4, -0.2) is 27.2 Å². The molecule has 9 heteroatoms. The van der Waals surface area contributed by atoms with E-state index in [4.69, 9.17) is 4.74 Å². The molecule has 0 saturated carbocycles. The van der Waals surface area contributed by atoms with Crippen LogP contribution in [0.15, 0.2) is 53.3 Å². The highest BCUT2D eigenvalue weighted by molar-refractivity contribution is 5.57. The lowest BCUT2D eigenvalue weighted by molar-refractivity contribution is -0.384. The zero-order valence-corrected chi connectivity index (χ0v) is 13.8. The quantitative estimate of drug-likeness (QED) is 0.515. The molecule has 0 radical (unpaired) electrons. The number of aromatic amines is 1. The molecular weight excluding hydrogens is 338 g/mol. The number of H-pyrrole nitrogens is 1. The van der Waals surface area contributed by atoms with Gasteiger partial charge in [-0.2, -0.15) is 0 Å². The number of nitro groups is 1. The highest BCUT2D eigenvalue weighted by atomic mass is 16.6. The standard InChI is InChI=1S/C17H15N5O4/c1-26-14-7-5-11(6-8-14)9-15-16(23)19-17(21-20-15)18-12-3-2-4-13(10-12)22(24)25/h2-8,10H,9H2,1H3,(H2,18,19,21,23). The summed E-state index contributed by atoms with van der Waals surface area (Å²) in [7, 11) is 1.58. The molecule has 0 aliphatic carbocycles. The number of hydrogen-bond acceptors (Lipinski definition) is 7. The molecule has 0 amide bonds. The average molecular weight is 353 g/mol. The Morgan fingerprint density at radius 1 is 1.19 bits per heavy atom. The van der Waals surface area contributed by atoms with E-state index < -0.39 is 4.92 Å². The van der Waals surface area contributed by atoms with Crippen molar-refractivity contribution in [2.45, 2.75) is 6.42 Å². The lowest BCUT2D eigenvalue weighted by Crippen LogP contribution is -2.18. The highest BCUT2D eigenvalue weighted by Crippen LogP contribution is 2.19. The summed E-state index contributed by atoms with van der Waals surface area (Å²) in [5.41, 5.74) is 1.13. The third-order valence-corrected chi connectivity index (χ3v) is 3.62. The molecule has 0 fully saturated rings. The fourth-order valence-electron chi connectivity index (χ4n) is 2.30. The number of nitrogens with zero attached hydrogens (tertiary/aromatic N) is 3. The summed E-state index contributed by atoms with van der Waals surface area (Å²) in [5, 5.41) is 21.5. The Balaban J connectivity index is 1.75. The van der Waals surface area contributed by atoms with Gasteiger partial charge in [-0.3, -0.25) is 19.9 Å². The van der Waals surface area contributed by atoms with Gasteiger partial charge in [0.2, 0.25) is 5.95 Å². The number of non-ortho nitro benzene ring substituents is 1. The van der Waals surface area contributed by atoms with Crippen molar-refractivity contribution in [3.63, 3.8) is 0 Å². The molecule has 2 aromatic carbocycles. The molecule has 3 rings (SSSR count). The predicted octanol–water partition coefficient (Wildman–Crippen LogP) is 2.42. The van der Waals surface area contributed by atoms with Crippen LogP contribution < -0.4 is 15.6 Å². The molecule has 132 valence electrons. The van der Waals surface area contributed by atoms with Gasteiger partial charge in [0.05, 0.1) is 12.0 Å². The Bertz CT molecular complexity index is 985. The van der Waals surface area contributed by atoms with E-state index in [1.54, 1.807) is 25.3 Å². The molecular formula is C17H15N5O4. The van der Waals surface area contributed by atoms with Crippen molar-refractivity contribution < 1.29 is 9.66 Å². The van der Waals surface area contributed by atoms with Gasteiger partial charge >= 0.3 is 0 Å². The van der Waals surface area contributed by atoms with E-state index >= 15 is 0 Å². The van der Waals surface area contributed by atoms with Gasteiger partial charge in [0.1, 0.15) is 11.4 Å². The van der Waals surface area contributed by atoms with E-state index in [9.17, 15) is 14.9 Å². The van der Waals surface area contributed by atoms with E-state index in [1.165, 1.54) is 18.2 Å². The maximum atomic E-state index is 12.2. The van der Waals surface area contributed by atoms with Crippen molar-refractivity contribution >= 4 is 17.3 Å². The number of anilines is 2. The van der Waals surface area contributed by atoms with E-state index in [0.717, 1.165) is 11.3 Å². The smallest absolute Gasteiger partial charge is 0.274 e. The number of ether oxygens (including phenoxy) is 1. The molecule has 0 spiro atoms. The lowest BCUT2D eigenvalue weighted by Gasteiger charge is -2.06. The first-order chi connectivity index (χ1) is 12.5. The lowest BCUT2D eigenvalue weighted by atomic mass is 10.1. The minimum absolute atomic E-state index is 0.0681. The van der Waals surface area contributed by atoms with Crippen LogP contribution in [0, 0.1) is 10.1 Å². The zero-order valence-electron chi connectivity index (χ0n) is 13.8. The first kappa shape index (κ1) is 17.1. The molecule has 26 heavy (non-hydrogen) atoms.